The minimum absolute atomic E-state index is 0.122. The van der Waals surface area contributed by atoms with E-state index >= 15 is 0 Å². The van der Waals surface area contributed by atoms with Crippen LogP contribution in [0.4, 0.5) is 4.79 Å². The number of amides is 1. The predicted octanol–water partition coefficient (Wildman–Crippen LogP) is 2.01. The van der Waals surface area contributed by atoms with E-state index in [0.717, 1.165) is 13.0 Å². The first-order chi connectivity index (χ1) is 7.33. The average molecular weight is 229 g/mol. The van der Waals surface area contributed by atoms with Crippen LogP contribution in [0.15, 0.2) is 0 Å². The van der Waals surface area contributed by atoms with E-state index in [-0.39, 0.29) is 18.7 Å². The van der Waals surface area contributed by atoms with Gasteiger partial charge in [0.1, 0.15) is 5.60 Å². The van der Waals surface area contributed by atoms with Crippen LogP contribution in [0.25, 0.3) is 0 Å². The highest BCUT2D eigenvalue weighted by Gasteiger charge is 2.35. The van der Waals surface area contributed by atoms with E-state index in [9.17, 15) is 4.79 Å². The van der Waals surface area contributed by atoms with Crippen LogP contribution in [0, 0.1) is 5.92 Å². The molecule has 0 aromatic carbocycles. The van der Waals surface area contributed by atoms with Gasteiger partial charge in [-0.2, -0.15) is 0 Å². The first-order valence-corrected chi connectivity index (χ1v) is 5.94. The summed E-state index contributed by atoms with van der Waals surface area (Å²) >= 11 is 0. The number of carbonyl (C=O) groups excluding carboxylic acids is 1. The fraction of sp³-hybridized carbons (Fsp3) is 0.917. The maximum atomic E-state index is 11.9. The lowest BCUT2D eigenvalue weighted by Crippen LogP contribution is -2.40. The maximum Gasteiger partial charge on any atom is 0.410 e. The van der Waals surface area contributed by atoms with Crippen LogP contribution in [0.3, 0.4) is 0 Å². The Labute approximate surface area is 97.6 Å². The molecule has 4 nitrogen and oxygen atoms in total. The lowest BCUT2D eigenvalue weighted by molar-refractivity contribution is 0.0205. The van der Waals surface area contributed by atoms with Gasteiger partial charge in [0.2, 0.25) is 0 Å². The lowest BCUT2D eigenvalue weighted by atomic mass is 10.1. The van der Waals surface area contributed by atoms with Gasteiger partial charge in [0.25, 0.3) is 0 Å². The van der Waals surface area contributed by atoms with Crippen molar-refractivity contribution >= 4 is 6.09 Å². The van der Waals surface area contributed by atoms with Crippen molar-refractivity contribution in [2.24, 2.45) is 5.92 Å². The molecule has 16 heavy (non-hydrogen) atoms. The predicted molar refractivity (Wildman–Crippen MR) is 62.2 cm³/mol. The zero-order valence-corrected chi connectivity index (χ0v) is 10.7. The Hall–Kier alpha value is -0.770. The zero-order chi connectivity index (χ0) is 12.3. The third-order valence-electron chi connectivity index (χ3n) is 2.71. The Morgan fingerprint density at radius 2 is 2.12 bits per heavy atom. The molecule has 1 N–H and O–H groups in total. The van der Waals surface area contributed by atoms with E-state index in [4.69, 9.17) is 9.84 Å². The van der Waals surface area contributed by atoms with Crippen molar-refractivity contribution < 1.29 is 14.6 Å². The summed E-state index contributed by atoms with van der Waals surface area (Å²) in [5.74, 6) is 0.490. The minimum atomic E-state index is -0.452. The molecule has 0 bridgehead atoms. The second kappa shape index (κ2) is 5.04. The molecule has 1 unspecified atom stereocenters. The fourth-order valence-corrected chi connectivity index (χ4v) is 2.12. The number of rotatable bonds is 2. The molecular weight excluding hydrogens is 206 g/mol. The summed E-state index contributed by atoms with van der Waals surface area (Å²) in [5, 5.41) is 8.97. The van der Waals surface area contributed by atoms with Crippen LogP contribution in [-0.2, 0) is 4.74 Å². The molecular formula is C12H23NO3. The van der Waals surface area contributed by atoms with E-state index in [2.05, 4.69) is 6.92 Å². The topological polar surface area (TPSA) is 49.8 Å². The highest BCUT2D eigenvalue weighted by Crippen LogP contribution is 2.26. The van der Waals surface area contributed by atoms with E-state index in [0.29, 0.717) is 12.3 Å². The number of hydrogen-bond acceptors (Lipinski definition) is 3. The standard InChI is InChI=1S/C12H23NO3/c1-9-7-10(5-6-14)13(8-9)11(15)16-12(2,3)4/h9-10,14H,5-8H2,1-4H3/t9-,10?/m0/s1. The van der Waals surface area contributed by atoms with Gasteiger partial charge < -0.3 is 14.7 Å². The molecule has 1 aliphatic rings. The summed E-state index contributed by atoms with van der Waals surface area (Å²) < 4.78 is 5.35. The van der Waals surface area contributed by atoms with Crippen molar-refractivity contribution in [3.05, 3.63) is 0 Å². The number of aliphatic hydroxyl groups is 1. The normalized spacial score (nSPS) is 25.9. The molecule has 4 heteroatoms. The smallest absolute Gasteiger partial charge is 0.410 e. The SMILES string of the molecule is C[C@H]1CC(CCO)N(C(=O)OC(C)(C)C)C1. The van der Waals surface area contributed by atoms with Crippen LogP contribution in [0.5, 0.6) is 0 Å². The summed E-state index contributed by atoms with van der Waals surface area (Å²) in [6, 6.07) is 0.134. The Kier molecular flexibility index (Phi) is 4.19. The molecule has 1 heterocycles. The largest absolute Gasteiger partial charge is 0.444 e. The highest BCUT2D eigenvalue weighted by atomic mass is 16.6. The fourth-order valence-electron chi connectivity index (χ4n) is 2.12. The van der Waals surface area contributed by atoms with E-state index < -0.39 is 5.60 Å². The first kappa shape index (κ1) is 13.3. The van der Waals surface area contributed by atoms with Crippen LogP contribution in [0.2, 0.25) is 0 Å². The summed E-state index contributed by atoms with van der Waals surface area (Å²) in [6.07, 6.45) is 1.35. The number of ether oxygens (including phenoxy) is 1. The molecule has 0 aromatic heterocycles. The van der Waals surface area contributed by atoms with Gasteiger partial charge >= 0.3 is 6.09 Å². The summed E-state index contributed by atoms with van der Waals surface area (Å²) in [5.41, 5.74) is -0.452. The first-order valence-electron chi connectivity index (χ1n) is 5.94. The van der Waals surface area contributed by atoms with Crippen LogP contribution < -0.4 is 0 Å². The van der Waals surface area contributed by atoms with Gasteiger partial charge in [0.05, 0.1) is 0 Å². The molecule has 1 amide bonds. The average Bonchev–Trinajstić information content (AvgIpc) is 2.44. The Bertz CT molecular complexity index is 247. The van der Waals surface area contributed by atoms with Gasteiger partial charge in [-0.3, -0.25) is 0 Å². The van der Waals surface area contributed by atoms with E-state index in [1.807, 2.05) is 20.8 Å². The van der Waals surface area contributed by atoms with Crippen molar-refractivity contribution in [1.29, 1.82) is 0 Å². The van der Waals surface area contributed by atoms with Gasteiger partial charge in [-0.05, 0) is 39.5 Å². The number of carbonyl (C=O) groups is 1. The van der Waals surface area contributed by atoms with Gasteiger partial charge in [-0.1, -0.05) is 6.92 Å². The van der Waals surface area contributed by atoms with Crippen LogP contribution in [-0.4, -0.2) is 40.9 Å². The second-order valence-electron chi connectivity index (χ2n) is 5.64. The third kappa shape index (κ3) is 3.67. The monoisotopic (exact) mass is 229 g/mol. The van der Waals surface area contributed by atoms with E-state index in [1.165, 1.54) is 0 Å². The second-order valence-corrected chi connectivity index (χ2v) is 5.64. The number of likely N-dealkylation sites (tertiary alicyclic amines) is 1. The molecule has 1 aliphatic heterocycles. The molecule has 0 spiro atoms. The number of aliphatic hydroxyl groups excluding tert-OH is 1. The van der Waals surface area contributed by atoms with Gasteiger partial charge in [-0.25, -0.2) is 4.79 Å². The molecule has 1 rings (SSSR count). The Morgan fingerprint density at radius 3 is 2.62 bits per heavy atom. The maximum absolute atomic E-state index is 11.9. The molecule has 2 atom stereocenters. The summed E-state index contributed by atoms with van der Waals surface area (Å²) in [4.78, 5) is 13.7. The molecule has 94 valence electrons. The molecule has 0 radical (unpaired) electrons. The Balaban J connectivity index is 2.59. The molecule has 0 aromatic rings. The van der Waals surface area contributed by atoms with E-state index in [1.54, 1.807) is 4.90 Å². The Morgan fingerprint density at radius 1 is 1.50 bits per heavy atom. The van der Waals surface area contributed by atoms with Gasteiger partial charge in [0.15, 0.2) is 0 Å². The van der Waals surface area contributed by atoms with Gasteiger partial charge in [-0.15, -0.1) is 0 Å². The molecule has 1 fully saturated rings. The molecule has 1 saturated heterocycles. The minimum Gasteiger partial charge on any atom is -0.444 e. The number of hydrogen-bond donors (Lipinski definition) is 1. The van der Waals surface area contributed by atoms with Crippen molar-refractivity contribution in [2.75, 3.05) is 13.2 Å². The van der Waals surface area contributed by atoms with Crippen molar-refractivity contribution in [2.45, 2.75) is 52.2 Å². The van der Waals surface area contributed by atoms with Crippen molar-refractivity contribution in [3.8, 4) is 0 Å². The van der Waals surface area contributed by atoms with Crippen LogP contribution in [0.1, 0.15) is 40.5 Å². The van der Waals surface area contributed by atoms with Gasteiger partial charge in [0, 0.05) is 19.2 Å². The quantitative estimate of drug-likeness (QED) is 0.788. The zero-order valence-electron chi connectivity index (χ0n) is 10.7. The molecule has 0 saturated carbocycles. The van der Waals surface area contributed by atoms with Crippen molar-refractivity contribution in [1.82, 2.24) is 4.90 Å². The lowest BCUT2D eigenvalue weighted by Gasteiger charge is -2.28. The summed E-state index contributed by atoms with van der Waals surface area (Å²) in [6.45, 7) is 8.58. The van der Waals surface area contributed by atoms with Crippen molar-refractivity contribution in [3.63, 3.8) is 0 Å². The number of nitrogens with zero attached hydrogens (tertiary/aromatic N) is 1. The summed E-state index contributed by atoms with van der Waals surface area (Å²) in [7, 11) is 0. The van der Waals surface area contributed by atoms with Crippen LogP contribution >= 0.6 is 0 Å². The third-order valence-corrected chi connectivity index (χ3v) is 2.71. The highest BCUT2D eigenvalue weighted by molar-refractivity contribution is 5.69. The molecule has 0 aliphatic carbocycles.